The van der Waals surface area contributed by atoms with E-state index in [9.17, 15) is 9.59 Å². The summed E-state index contributed by atoms with van der Waals surface area (Å²) in [6, 6.07) is 5.42. The van der Waals surface area contributed by atoms with Crippen LogP contribution in [-0.2, 0) is 0 Å². The van der Waals surface area contributed by atoms with Gasteiger partial charge in [0.25, 0.3) is 5.91 Å². The minimum absolute atomic E-state index is 0.0261. The number of amides is 2. The number of aryl methyl sites for hydroxylation is 1. The van der Waals surface area contributed by atoms with Gasteiger partial charge in [-0.2, -0.15) is 5.10 Å². The van der Waals surface area contributed by atoms with Gasteiger partial charge in [-0.05, 0) is 64.0 Å². The van der Waals surface area contributed by atoms with Gasteiger partial charge in [0.1, 0.15) is 0 Å². The predicted molar refractivity (Wildman–Crippen MR) is 105 cm³/mol. The summed E-state index contributed by atoms with van der Waals surface area (Å²) in [6.07, 6.45) is 5.69. The van der Waals surface area contributed by atoms with E-state index < -0.39 is 6.09 Å². The van der Waals surface area contributed by atoms with E-state index in [0.717, 1.165) is 43.5 Å². The smallest absolute Gasteiger partial charge is 0.404 e. The number of carbonyl (C=O) groups excluding carboxylic acids is 1. The first-order valence-corrected chi connectivity index (χ1v) is 9.69. The molecule has 28 heavy (non-hydrogen) atoms. The number of carboxylic acid groups (broad SMARTS) is 1. The number of aromatic nitrogens is 3. The Morgan fingerprint density at radius 3 is 2.89 bits per heavy atom. The molecule has 0 aliphatic heterocycles. The maximum atomic E-state index is 12.3. The van der Waals surface area contributed by atoms with Crippen molar-refractivity contribution in [2.75, 3.05) is 5.32 Å². The topological polar surface area (TPSA) is 120 Å². The molecule has 2 unspecified atom stereocenters. The highest BCUT2D eigenvalue weighted by molar-refractivity contribution is 6.03. The number of hydrogen-bond acceptors (Lipinski definition) is 4. The molecule has 0 radical (unpaired) electrons. The van der Waals surface area contributed by atoms with Gasteiger partial charge in [0.15, 0.2) is 5.82 Å². The number of carbonyl (C=O) groups is 2. The van der Waals surface area contributed by atoms with Crippen molar-refractivity contribution >= 4 is 17.8 Å². The monoisotopic (exact) mass is 385 g/mol. The second kappa shape index (κ2) is 8.86. The molecule has 2 aromatic rings. The Morgan fingerprint density at radius 1 is 1.36 bits per heavy atom. The van der Waals surface area contributed by atoms with Crippen LogP contribution in [0.4, 0.5) is 10.6 Å². The lowest BCUT2D eigenvalue weighted by atomic mass is 9.96. The zero-order valence-electron chi connectivity index (χ0n) is 16.2. The number of nitrogens with one attached hydrogen (secondary N) is 3. The molecule has 4 N–H and O–H groups in total. The first kappa shape index (κ1) is 19.9. The molecular weight excluding hydrogens is 358 g/mol. The van der Waals surface area contributed by atoms with E-state index in [1.54, 1.807) is 18.3 Å². The molecular formula is C20H27N5O3. The van der Waals surface area contributed by atoms with Gasteiger partial charge in [-0.25, -0.2) is 4.79 Å². The van der Waals surface area contributed by atoms with E-state index in [0.29, 0.717) is 23.2 Å². The van der Waals surface area contributed by atoms with Crippen molar-refractivity contribution < 1.29 is 14.7 Å². The quantitative estimate of drug-likeness (QED) is 0.579. The summed E-state index contributed by atoms with van der Waals surface area (Å²) in [5.41, 5.74) is 2.40. The van der Waals surface area contributed by atoms with Gasteiger partial charge in [0, 0.05) is 35.6 Å². The average molecular weight is 385 g/mol. The Hall–Kier alpha value is -2.90. The van der Waals surface area contributed by atoms with Crippen molar-refractivity contribution in [1.29, 1.82) is 0 Å². The fraction of sp³-hybridized carbons (Fsp3) is 0.500. The number of pyridine rings is 1. The Morgan fingerprint density at radius 2 is 2.18 bits per heavy atom. The Balaban J connectivity index is 1.49. The van der Waals surface area contributed by atoms with Crippen molar-refractivity contribution in [3.63, 3.8) is 0 Å². The first-order valence-electron chi connectivity index (χ1n) is 9.69. The van der Waals surface area contributed by atoms with Gasteiger partial charge in [0.2, 0.25) is 0 Å². The molecule has 1 fully saturated rings. The van der Waals surface area contributed by atoms with Gasteiger partial charge < -0.3 is 15.7 Å². The van der Waals surface area contributed by atoms with Crippen LogP contribution in [0.1, 0.15) is 66.7 Å². The van der Waals surface area contributed by atoms with Crippen molar-refractivity contribution in [3.8, 4) is 0 Å². The molecule has 2 aromatic heterocycles. The third-order valence-corrected chi connectivity index (χ3v) is 5.37. The second-order valence-corrected chi connectivity index (χ2v) is 7.65. The Labute approximate surface area is 164 Å². The fourth-order valence-corrected chi connectivity index (χ4v) is 3.79. The molecule has 2 amide bonds. The first-order chi connectivity index (χ1) is 13.4. The summed E-state index contributed by atoms with van der Waals surface area (Å²) in [6.45, 7) is 3.77. The fourth-order valence-electron chi connectivity index (χ4n) is 3.79. The van der Waals surface area contributed by atoms with Gasteiger partial charge in [0.05, 0.1) is 5.56 Å². The van der Waals surface area contributed by atoms with Crippen LogP contribution in [0.2, 0.25) is 0 Å². The number of nitrogens with zero attached hydrogens (tertiary/aromatic N) is 2. The second-order valence-electron chi connectivity index (χ2n) is 7.65. The number of hydrogen-bond donors (Lipinski definition) is 4. The molecule has 1 aliphatic carbocycles. The van der Waals surface area contributed by atoms with Crippen LogP contribution in [0.25, 0.3) is 0 Å². The number of rotatable bonds is 7. The van der Waals surface area contributed by atoms with Crippen LogP contribution >= 0.6 is 0 Å². The molecule has 2 heterocycles. The zero-order chi connectivity index (χ0) is 20.1. The molecule has 0 aromatic carbocycles. The van der Waals surface area contributed by atoms with Crippen molar-refractivity contribution in [2.24, 2.45) is 5.92 Å². The molecule has 8 heteroatoms. The van der Waals surface area contributed by atoms with Crippen LogP contribution in [0.15, 0.2) is 24.4 Å². The molecule has 0 spiro atoms. The van der Waals surface area contributed by atoms with Gasteiger partial charge >= 0.3 is 6.09 Å². The summed E-state index contributed by atoms with van der Waals surface area (Å²) >= 11 is 0. The van der Waals surface area contributed by atoms with E-state index >= 15 is 0 Å². The number of anilines is 1. The Kier molecular flexibility index (Phi) is 6.28. The van der Waals surface area contributed by atoms with E-state index in [1.807, 2.05) is 19.9 Å². The average Bonchev–Trinajstić information content (AvgIpc) is 3.29. The minimum Gasteiger partial charge on any atom is -0.465 e. The third kappa shape index (κ3) is 5.31. The van der Waals surface area contributed by atoms with Crippen LogP contribution in [0.3, 0.4) is 0 Å². The zero-order valence-corrected chi connectivity index (χ0v) is 16.2. The highest BCUT2D eigenvalue weighted by Crippen LogP contribution is 2.40. The third-order valence-electron chi connectivity index (χ3n) is 5.37. The molecule has 0 saturated heterocycles. The van der Waals surface area contributed by atoms with Crippen molar-refractivity contribution in [1.82, 2.24) is 20.5 Å². The van der Waals surface area contributed by atoms with Crippen molar-refractivity contribution in [2.45, 2.75) is 57.9 Å². The number of aromatic amines is 1. The molecule has 150 valence electrons. The normalized spacial score (nSPS) is 19.9. The highest BCUT2D eigenvalue weighted by atomic mass is 16.4. The lowest BCUT2D eigenvalue weighted by Gasteiger charge is -2.14. The maximum Gasteiger partial charge on any atom is 0.404 e. The molecule has 1 aliphatic rings. The SMILES string of the molecule is Cc1ccc(C(=O)Nc2cc(C3CCC(CC[C@H](C)NC(=O)O)C3)[nH]n2)cn1. The van der Waals surface area contributed by atoms with E-state index in [1.165, 1.54) is 0 Å². The highest BCUT2D eigenvalue weighted by Gasteiger charge is 2.27. The van der Waals surface area contributed by atoms with E-state index in [4.69, 9.17) is 5.11 Å². The van der Waals surface area contributed by atoms with Gasteiger partial charge in [-0.1, -0.05) is 0 Å². The summed E-state index contributed by atoms with van der Waals surface area (Å²) in [5.74, 6) is 1.27. The largest absolute Gasteiger partial charge is 0.465 e. The van der Waals surface area contributed by atoms with Crippen LogP contribution in [-0.4, -0.2) is 38.3 Å². The Bertz CT molecular complexity index is 818. The molecule has 8 nitrogen and oxygen atoms in total. The van der Waals surface area contributed by atoms with E-state index in [2.05, 4.69) is 25.8 Å². The maximum absolute atomic E-state index is 12.3. The lowest BCUT2D eigenvalue weighted by Crippen LogP contribution is -2.31. The van der Waals surface area contributed by atoms with E-state index in [-0.39, 0.29) is 11.9 Å². The molecule has 3 atom stereocenters. The molecule has 1 saturated carbocycles. The van der Waals surface area contributed by atoms with Crippen molar-refractivity contribution in [3.05, 3.63) is 41.3 Å². The van der Waals surface area contributed by atoms with Crippen LogP contribution in [0.5, 0.6) is 0 Å². The molecule has 3 rings (SSSR count). The minimum atomic E-state index is -0.967. The summed E-state index contributed by atoms with van der Waals surface area (Å²) in [5, 5.41) is 21.3. The summed E-state index contributed by atoms with van der Waals surface area (Å²) in [7, 11) is 0. The predicted octanol–water partition coefficient (Wildman–Crippen LogP) is 3.69. The van der Waals surface area contributed by atoms with Gasteiger partial charge in [-0.3, -0.25) is 14.9 Å². The number of H-pyrrole nitrogens is 1. The molecule has 0 bridgehead atoms. The standard InChI is InChI=1S/C20H27N5O3/c1-12-4-7-16(11-21-12)19(26)23-18-10-17(24-25-18)15-8-6-14(9-15)5-3-13(2)22-20(27)28/h4,7,10-11,13-15,22H,3,5-6,8-9H2,1-2H3,(H,27,28)(H2,23,24,25,26)/t13-,14?,15?/m0/s1. The summed E-state index contributed by atoms with van der Waals surface area (Å²) in [4.78, 5) is 27.1. The van der Waals surface area contributed by atoms with Crippen LogP contribution < -0.4 is 10.6 Å². The van der Waals surface area contributed by atoms with Gasteiger partial charge in [-0.15, -0.1) is 0 Å². The lowest BCUT2D eigenvalue weighted by molar-refractivity contribution is 0.102. The van der Waals surface area contributed by atoms with Crippen LogP contribution in [0, 0.1) is 12.8 Å². The summed E-state index contributed by atoms with van der Waals surface area (Å²) < 4.78 is 0.